The van der Waals surface area contributed by atoms with Crippen LogP contribution in [0.4, 0.5) is 4.39 Å². The lowest BCUT2D eigenvalue weighted by Gasteiger charge is -2.20. The number of rotatable bonds is 6. The van der Waals surface area contributed by atoms with Crippen molar-refractivity contribution in [3.63, 3.8) is 0 Å². The molecular weight excluding hydrogens is 269 g/mol. The Morgan fingerprint density at radius 1 is 1.05 bits per heavy atom. The fourth-order valence-corrected chi connectivity index (χ4v) is 3.51. The Morgan fingerprint density at radius 3 is 2.40 bits per heavy atom. The zero-order valence-corrected chi connectivity index (χ0v) is 13.1. The molecular formula is C17H22FNS. The molecule has 20 heavy (non-hydrogen) atoms. The van der Waals surface area contributed by atoms with Crippen molar-refractivity contribution in [2.24, 2.45) is 0 Å². The topological polar surface area (TPSA) is 12.0 Å². The van der Waals surface area contributed by atoms with E-state index in [2.05, 4.69) is 38.2 Å². The van der Waals surface area contributed by atoms with Gasteiger partial charge < -0.3 is 5.32 Å². The number of nitrogens with one attached hydrogen (secondary N) is 1. The third-order valence-electron chi connectivity index (χ3n) is 3.36. The smallest absolute Gasteiger partial charge is 0.126 e. The van der Waals surface area contributed by atoms with E-state index in [0.29, 0.717) is 6.04 Å². The Hall–Kier alpha value is -1.19. The zero-order valence-electron chi connectivity index (χ0n) is 12.3. The number of thiophene rings is 1. The van der Waals surface area contributed by atoms with Gasteiger partial charge in [-0.25, -0.2) is 4.39 Å². The molecule has 0 bridgehead atoms. The fourth-order valence-electron chi connectivity index (χ4n) is 2.49. The molecule has 2 atom stereocenters. The molecule has 1 aromatic carbocycles. The normalized spacial score (nSPS) is 14.2. The molecule has 2 unspecified atom stereocenters. The molecule has 1 heterocycles. The fraction of sp³-hybridized carbons (Fsp3) is 0.412. The van der Waals surface area contributed by atoms with Gasteiger partial charge in [0.15, 0.2) is 0 Å². The maximum Gasteiger partial charge on any atom is 0.126 e. The summed E-state index contributed by atoms with van der Waals surface area (Å²) in [6.07, 6.45) is 1.75. The van der Waals surface area contributed by atoms with E-state index in [1.807, 2.05) is 23.5 Å². The quantitative estimate of drug-likeness (QED) is 0.834. The second-order valence-corrected chi connectivity index (χ2v) is 6.85. The van der Waals surface area contributed by atoms with Crippen LogP contribution in [0.5, 0.6) is 0 Å². The van der Waals surface area contributed by atoms with Crippen molar-refractivity contribution < 1.29 is 4.39 Å². The average molecular weight is 291 g/mol. The Balaban J connectivity index is 1.85. The highest BCUT2D eigenvalue weighted by Gasteiger charge is 2.11. The van der Waals surface area contributed by atoms with Gasteiger partial charge in [0.25, 0.3) is 0 Å². The summed E-state index contributed by atoms with van der Waals surface area (Å²) in [4.78, 5) is 2.76. The summed E-state index contributed by atoms with van der Waals surface area (Å²) in [5, 5.41) is 3.55. The molecule has 0 amide bonds. The van der Waals surface area contributed by atoms with Crippen LogP contribution in [0.25, 0.3) is 0 Å². The molecule has 0 aliphatic heterocycles. The third-order valence-corrected chi connectivity index (χ3v) is 4.38. The van der Waals surface area contributed by atoms with E-state index in [1.54, 1.807) is 6.07 Å². The third kappa shape index (κ3) is 4.43. The minimum Gasteiger partial charge on any atom is -0.311 e. The first-order valence-electron chi connectivity index (χ1n) is 7.09. The van der Waals surface area contributed by atoms with E-state index < -0.39 is 0 Å². The van der Waals surface area contributed by atoms with Crippen molar-refractivity contribution >= 4 is 11.3 Å². The highest BCUT2D eigenvalue weighted by atomic mass is 32.1. The minimum absolute atomic E-state index is 0.109. The van der Waals surface area contributed by atoms with Crippen LogP contribution in [0.2, 0.25) is 0 Å². The predicted octanol–water partition coefficient (Wildman–Crippen LogP) is 4.35. The predicted molar refractivity (Wildman–Crippen MR) is 84.9 cm³/mol. The summed E-state index contributed by atoms with van der Waals surface area (Å²) in [6.45, 7) is 6.43. The molecule has 0 aliphatic rings. The summed E-state index contributed by atoms with van der Waals surface area (Å²) >= 11 is 1.85. The van der Waals surface area contributed by atoms with Crippen molar-refractivity contribution in [3.05, 3.63) is 57.5 Å². The Kier molecular flexibility index (Phi) is 5.32. The molecule has 0 saturated carbocycles. The van der Waals surface area contributed by atoms with Crippen molar-refractivity contribution in [2.45, 2.75) is 45.7 Å². The van der Waals surface area contributed by atoms with Gasteiger partial charge in [-0.1, -0.05) is 18.2 Å². The van der Waals surface area contributed by atoms with E-state index in [1.165, 1.54) is 15.8 Å². The number of hydrogen-bond donors (Lipinski definition) is 1. The minimum atomic E-state index is -0.109. The highest BCUT2D eigenvalue weighted by molar-refractivity contribution is 7.11. The van der Waals surface area contributed by atoms with Gasteiger partial charge in [-0.15, -0.1) is 11.3 Å². The van der Waals surface area contributed by atoms with Crippen molar-refractivity contribution in [3.8, 4) is 0 Å². The molecule has 0 aliphatic carbocycles. The summed E-state index contributed by atoms with van der Waals surface area (Å²) in [7, 11) is 0. The van der Waals surface area contributed by atoms with Gasteiger partial charge in [-0.05, 0) is 57.4 Å². The molecule has 1 nitrogen and oxygen atoms in total. The van der Waals surface area contributed by atoms with Crippen LogP contribution >= 0.6 is 11.3 Å². The molecule has 2 aromatic rings. The van der Waals surface area contributed by atoms with Crippen LogP contribution in [0.3, 0.4) is 0 Å². The lowest BCUT2D eigenvalue weighted by Crippen LogP contribution is -2.37. The second-order valence-electron chi connectivity index (χ2n) is 5.48. The number of hydrogen-bond acceptors (Lipinski definition) is 2. The van der Waals surface area contributed by atoms with E-state index >= 15 is 0 Å². The first-order valence-corrected chi connectivity index (χ1v) is 7.91. The van der Waals surface area contributed by atoms with Crippen LogP contribution in [-0.2, 0) is 12.8 Å². The van der Waals surface area contributed by atoms with Crippen molar-refractivity contribution in [2.75, 3.05) is 0 Å². The van der Waals surface area contributed by atoms with Crippen molar-refractivity contribution in [1.29, 1.82) is 0 Å². The number of aryl methyl sites for hydroxylation is 1. The van der Waals surface area contributed by atoms with Gasteiger partial charge in [0.05, 0.1) is 0 Å². The van der Waals surface area contributed by atoms with E-state index in [9.17, 15) is 4.39 Å². The monoisotopic (exact) mass is 291 g/mol. The van der Waals surface area contributed by atoms with Crippen LogP contribution < -0.4 is 5.32 Å². The van der Waals surface area contributed by atoms with Gasteiger partial charge in [-0.3, -0.25) is 0 Å². The number of benzene rings is 1. The summed E-state index contributed by atoms with van der Waals surface area (Å²) in [5.74, 6) is -0.109. The highest BCUT2D eigenvalue weighted by Crippen LogP contribution is 2.17. The van der Waals surface area contributed by atoms with Gasteiger partial charge in [0, 0.05) is 21.8 Å². The van der Waals surface area contributed by atoms with E-state index in [-0.39, 0.29) is 11.9 Å². The van der Waals surface area contributed by atoms with Gasteiger partial charge in [-0.2, -0.15) is 0 Å². The SMILES string of the molecule is Cc1ccc(CC(C)NC(C)Cc2ccccc2F)s1. The molecule has 108 valence electrons. The lowest BCUT2D eigenvalue weighted by atomic mass is 10.1. The molecule has 0 radical (unpaired) electrons. The summed E-state index contributed by atoms with van der Waals surface area (Å²) in [5.41, 5.74) is 0.784. The summed E-state index contributed by atoms with van der Waals surface area (Å²) < 4.78 is 13.6. The van der Waals surface area contributed by atoms with Crippen LogP contribution in [0.15, 0.2) is 36.4 Å². The van der Waals surface area contributed by atoms with E-state index in [4.69, 9.17) is 0 Å². The van der Waals surface area contributed by atoms with Gasteiger partial charge in [0.1, 0.15) is 5.82 Å². The molecule has 2 rings (SSSR count). The van der Waals surface area contributed by atoms with Crippen LogP contribution in [-0.4, -0.2) is 12.1 Å². The first-order chi connectivity index (χ1) is 9.54. The molecule has 0 saturated heterocycles. The molecule has 1 aromatic heterocycles. The average Bonchev–Trinajstić information content (AvgIpc) is 2.77. The standard InChI is InChI=1S/C17H22FNS/c1-12(10-15-6-4-5-7-17(15)18)19-13(2)11-16-9-8-14(3)20-16/h4-9,12-13,19H,10-11H2,1-3H3. The number of halogens is 1. The Bertz CT molecular complexity index is 549. The van der Waals surface area contributed by atoms with Gasteiger partial charge in [0.2, 0.25) is 0 Å². The van der Waals surface area contributed by atoms with Crippen LogP contribution in [0, 0.1) is 12.7 Å². The molecule has 3 heteroatoms. The van der Waals surface area contributed by atoms with Crippen molar-refractivity contribution in [1.82, 2.24) is 5.32 Å². The Morgan fingerprint density at radius 2 is 1.75 bits per heavy atom. The largest absolute Gasteiger partial charge is 0.311 e. The first kappa shape index (κ1) is 15.2. The van der Waals surface area contributed by atoms with Crippen LogP contribution in [0.1, 0.15) is 29.2 Å². The second kappa shape index (κ2) is 7.00. The molecule has 0 spiro atoms. The molecule has 0 fully saturated rings. The lowest BCUT2D eigenvalue weighted by molar-refractivity contribution is 0.457. The zero-order chi connectivity index (χ0) is 14.5. The maximum atomic E-state index is 13.6. The Labute approximate surface area is 124 Å². The van der Waals surface area contributed by atoms with Gasteiger partial charge >= 0.3 is 0 Å². The van der Waals surface area contributed by atoms with E-state index in [0.717, 1.165) is 18.4 Å². The maximum absolute atomic E-state index is 13.6. The summed E-state index contributed by atoms with van der Waals surface area (Å²) in [6, 6.07) is 12.0. The molecule has 1 N–H and O–H groups in total.